The van der Waals surface area contributed by atoms with Gasteiger partial charge in [0.15, 0.2) is 0 Å². The molecule has 98 valence electrons. The quantitative estimate of drug-likeness (QED) is 0.820. The van der Waals surface area contributed by atoms with Gasteiger partial charge in [-0.2, -0.15) is 11.8 Å². The normalized spacial score (nSPS) is 34.3. The summed E-state index contributed by atoms with van der Waals surface area (Å²) in [6, 6.07) is 0. The van der Waals surface area contributed by atoms with Crippen molar-refractivity contribution in [3.8, 4) is 0 Å². The van der Waals surface area contributed by atoms with Crippen molar-refractivity contribution in [2.45, 2.75) is 32.6 Å². The molecule has 0 aromatic rings. The molecular formula is C13H23NO2S. The summed E-state index contributed by atoms with van der Waals surface area (Å²) in [5.41, 5.74) is -0.444. The Balaban J connectivity index is 1.89. The van der Waals surface area contributed by atoms with Crippen LogP contribution in [0.25, 0.3) is 0 Å². The third-order valence-electron chi connectivity index (χ3n) is 4.16. The van der Waals surface area contributed by atoms with Crippen LogP contribution in [0.15, 0.2) is 0 Å². The summed E-state index contributed by atoms with van der Waals surface area (Å²) in [4.78, 5) is 13.9. The van der Waals surface area contributed by atoms with E-state index in [1.807, 2.05) is 11.8 Å². The van der Waals surface area contributed by atoms with E-state index in [0.29, 0.717) is 0 Å². The second-order valence-electron chi connectivity index (χ2n) is 5.55. The summed E-state index contributed by atoms with van der Waals surface area (Å²) in [5.74, 6) is 2.77. The van der Waals surface area contributed by atoms with Crippen LogP contribution in [0.2, 0.25) is 0 Å². The van der Waals surface area contributed by atoms with Gasteiger partial charge in [-0.1, -0.05) is 13.3 Å². The van der Waals surface area contributed by atoms with Crippen LogP contribution in [-0.2, 0) is 4.79 Å². The van der Waals surface area contributed by atoms with Crippen molar-refractivity contribution in [3.05, 3.63) is 0 Å². The first kappa shape index (κ1) is 13.2. The maximum Gasteiger partial charge on any atom is 0.310 e. The predicted octanol–water partition coefficient (Wildman–Crippen LogP) is 2.32. The summed E-state index contributed by atoms with van der Waals surface area (Å²) >= 11 is 2.04. The molecule has 2 unspecified atom stereocenters. The molecule has 0 radical (unpaired) electrons. The van der Waals surface area contributed by atoms with E-state index in [4.69, 9.17) is 0 Å². The zero-order valence-electron chi connectivity index (χ0n) is 10.7. The number of hydrogen-bond donors (Lipinski definition) is 1. The fourth-order valence-electron chi connectivity index (χ4n) is 3.17. The Kier molecular flexibility index (Phi) is 4.36. The summed E-state index contributed by atoms with van der Waals surface area (Å²) in [6.45, 7) is 4.96. The molecule has 2 atom stereocenters. The second-order valence-corrected chi connectivity index (χ2v) is 6.70. The van der Waals surface area contributed by atoms with Gasteiger partial charge in [0.1, 0.15) is 0 Å². The third kappa shape index (κ3) is 2.97. The summed E-state index contributed by atoms with van der Waals surface area (Å²) in [7, 11) is 0. The summed E-state index contributed by atoms with van der Waals surface area (Å²) in [5, 5.41) is 9.44. The SMILES string of the molecule is CCCC1(C(=O)O)CCN(CC2CCSC2)C1. The molecule has 2 rings (SSSR count). The van der Waals surface area contributed by atoms with Crippen LogP contribution in [0.3, 0.4) is 0 Å². The molecule has 2 saturated heterocycles. The minimum Gasteiger partial charge on any atom is -0.481 e. The van der Waals surface area contributed by atoms with Gasteiger partial charge in [0.2, 0.25) is 0 Å². The predicted molar refractivity (Wildman–Crippen MR) is 71.5 cm³/mol. The van der Waals surface area contributed by atoms with E-state index in [0.717, 1.165) is 44.8 Å². The fourth-order valence-corrected chi connectivity index (χ4v) is 4.44. The first-order chi connectivity index (χ1) is 8.16. The highest BCUT2D eigenvalue weighted by molar-refractivity contribution is 7.99. The number of carboxylic acid groups (broad SMARTS) is 1. The molecule has 3 nitrogen and oxygen atoms in total. The monoisotopic (exact) mass is 257 g/mol. The van der Waals surface area contributed by atoms with Crippen LogP contribution >= 0.6 is 11.8 Å². The number of carboxylic acids is 1. The Morgan fingerprint density at radius 1 is 1.59 bits per heavy atom. The highest BCUT2D eigenvalue weighted by Gasteiger charge is 2.44. The fraction of sp³-hybridized carbons (Fsp3) is 0.923. The number of rotatable bonds is 5. The van der Waals surface area contributed by atoms with Gasteiger partial charge in [0.25, 0.3) is 0 Å². The molecule has 2 heterocycles. The zero-order valence-corrected chi connectivity index (χ0v) is 11.5. The number of aliphatic carboxylic acids is 1. The van der Waals surface area contributed by atoms with Crippen molar-refractivity contribution in [3.63, 3.8) is 0 Å². The number of hydrogen-bond acceptors (Lipinski definition) is 3. The van der Waals surface area contributed by atoms with Crippen LogP contribution < -0.4 is 0 Å². The van der Waals surface area contributed by atoms with E-state index in [-0.39, 0.29) is 0 Å². The topological polar surface area (TPSA) is 40.5 Å². The molecule has 2 aliphatic heterocycles. The lowest BCUT2D eigenvalue weighted by atomic mass is 9.83. The Morgan fingerprint density at radius 2 is 2.41 bits per heavy atom. The Hall–Kier alpha value is -0.220. The van der Waals surface area contributed by atoms with Crippen LogP contribution in [0.4, 0.5) is 0 Å². The van der Waals surface area contributed by atoms with Gasteiger partial charge in [0.05, 0.1) is 5.41 Å². The van der Waals surface area contributed by atoms with E-state index in [1.165, 1.54) is 17.9 Å². The van der Waals surface area contributed by atoms with Gasteiger partial charge in [-0.3, -0.25) is 4.79 Å². The van der Waals surface area contributed by atoms with Gasteiger partial charge < -0.3 is 10.0 Å². The summed E-state index contributed by atoms with van der Waals surface area (Å²) in [6.07, 6.45) is 3.96. The molecule has 0 aromatic heterocycles. The van der Waals surface area contributed by atoms with Crippen LogP contribution in [0.1, 0.15) is 32.6 Å². The van der Waals surface area contributed by atoms with Gasteiger partial charge in [-0.05, 0) is 43.2 Å². The van der Waals surface area contributed by atoms with Gasteiger partial charge >= 0.3 is 5.97 Å². The van der Waals surface area contributed by atoms with E-state index >= 15 is 0 Å². The van der Waals surface area contributed by atoms with Crippen molar-refractivity contribution < 1.29 is 9.90 Å². The molecule has 2 fully saturated rings. The standard InChI is InChI=1S/C13H23NO2S/c1-2-4-13(12(15)16)5-6-14(10-13)8-11-3-7-17-9-11/h11H,2-10H2,1H3,(H,15,16). The molecule has 0 spiro atoms. The second kappa shape index (κ2) is 5.61. The maximum atomic E-state index is 11.5. The van der Waals surface area contributed by atoms with Crippen molar-refractivity contribution in [2.24, 2.45) is 11.3 Å². The smallest absolute Gasteiger partial charge is 0.310 e. The van der Waals surface area contributed by atoms with E-state index in [2.05, 4.69) is 11.8 Å². The number of carbonyl (C=O) groups is 1. The number of likely N-dealkylation sites (tertiary alicyclic amines) is 1. The van der Waals surface area contributed by atoms with Crippen molar-refractivity contribution >= 4 is 17.7 Å². The minimum absolute atomic E-state index is 0.444. The van der Waals surface area contributed by atoms with Gasteiger partial charge in [0, 0.05) is 13.1 Å². The molecule has 0 aromatic carbocycles. The van der Waals surface area contributed by atoms with Gasteiger partial charge in [-0.25, -0.2) is 0 Å². The van der Waals surface area contributed by atoms with Crippen molar-refractivity contribution in [2.75, 3.05) is 31.1 Å². The number of thioether (sulfide) groups is 1. The van der Waals surface area contributed by atoms with E-state index < -0.39 is 11.4 Å². The molecule has 0 bridgehead atoms. The highest BCUT2D eigenvalue weighted by Crippen LogP contribution is 2.36. The lowest BCUT2D eigenvalue weighted by molar-refractivity contribution is -0.148. The molecule has 2 aliphatic rings. The first-order valence-corrected chi connectivity index (χ1v) is 7.85. The minimum atomic E-state index is -0.581. The van der Waals surface area contributed by atoms with E-state index in [9.17, 15) is 9.90 Å². The highest BCUT2D eigenvalue weighted by atomic mass is 32.2. The summed E-state index contributed by atoms with van der Waals surface area (Å²) < 4.78 is 0. The lowest BCUT2D eigenvalue weighted by Gasteiger charge is -2.25. The van der Waals surface area contributed by atoms with Gasteiger partial charge in [-0.15, -0.1) is 0 Å². The molecule has 0 aliphatic carbocycles. The zero-order chi connectivity index (χ0) is 12.3. The van der Waals surface area contributed by atoms with Crippen molar-refractivity contribution in [1.82, 2.24) is 4.90 Å². The van der Waals surface area contributed by atoms with Crippen LogP contribution in [0.5, 0.6) is 0 Å². The Bertz CT molecular complexity index is 279. The molecule has 17 heavy (non-hydrogen) atoms. The maximum absolute atomic E-state index is 11.5. The van der Waals surface area contributed by atoms with Crippen LogP contribution in [-0.4, -0.2) is 47.1 Å². The van der Waals surface area contributed by atoms with Crippen molar-refractivity contribution in [1.29, 1.82) is 0 Å². The Labute approximate surface area is 108 Å². The first-order valence-electron chi connectivity index (χ1n) is 6.70. The lowest BCUT2D eigenvalue weighted by Crippen LogP contribution is -2.36. The molecule has 0 amide bonds. The average molecular weight is 257 g/mol. The third-order valence-corrected chi connectivity index (χ3v) is 5.39. The van der Waals surface area contributed by atoms with E-state index in [1.54, 1.807) is 0 Å². The molecule has 1 N–H and O–H groups in total. The Morgan fingerprint density at radius 3 is 3.00 bits per heavy atom. The number of nitrogens with zero attached hydrogens (tertiary/aromatic N) is 1. The largest absolute Gasteiger partial charge is 0.481 e. The molecule has 4 heteroatoms. The molecule has 0 saturated carbocycles. The average Bonchev–Trinajstić information content (AvgIpc) is 2.90. The van der Waals surface area contributed by atoms with Crippen LogP contribution in [0, 0.1) is 11.3 Å². The molecular weight excluding hydrogens is 234 g/mol.